The number of hydrogen-bond acceptors (Lipinski definition) is 4. The first-order valence-electron chi connectivity index (χ1n) is 6.92. The van der Waals surface area contributed by atoms with Crippen molar-refractivity contribution in [3.05, 3.63) is 0 Å². The highest BCUT2D eigenvalue weighted by Crippen LogP contribution is 2.27. The fourth-order valence-corrected chi connectivity index (χ4v) is 2.52. The van der Waals surface area contributed by atoms with Crippen LogP contribution in [-0.4, -0.2) is 53.5 Å². The Morgan fingerprint density at radius 2 is 1.95 bits per heavy atom. The second-order valence-corrected chi connectivity index (χ2v) is 6.21. The van der Waals surface area contributed by atoms with Crippen molar-refractivity contribution in [1.29, 1.82) is 0 Å². The molecule has 1 aliphatic heterocycles. The number of methoxy groups -OCH3 is 1. The number of likely N-dealkylation sites (tertiary alicyclic amines) is 1. The molecule has 2 unspecified atom stereocenters. The van der Waals surface area contributed by atoms with E-state index in [-0.39, 0.29) is 6.04 Å². The minimum atomic E-state index is -0.923. The van der Waals surface area contributed by atoms with E-state index in [9.17, 15) is 9.59 Å². The van der Waals surface area contributed by atoms with Crippen LogP contribution in [0.2, 0.25) is 0 Å². The molecular weight excluding hydrogens is 262 g/mol. The smallest absolute Gasteiger partial charge is 0.410 e. The van der Waals surface area contributed by atoms with E-state index in [0.29, 0.717) is 6.54 Å². The monoisotopic (exact) mass is 287 g/mol. The molecule has 6 nitrogen and oxygen atoms in total. The normalized spacial score (nSPS) is 22.4. The van der Waals surface area contributed by atoms with Crippen LogP contribution in [-0.2, 0) is 14.3 Å². The average molecular weight is 287 g/mol. The van der Waals surface area contributed by atoms with Crippen LogP contribution >= 0.6 is 0 Å². The summed E-state index contributed by atoms with van der Waals surface area (Å²) in [4.78, 5) is 24.9. The van der Waals surface area contributed by atoms with Crippen LogP contribution in [0.15, 0.2) is 0 Å². The molecule has 0 aliphatic carbocycles. The zero-order valence-corrected chi connectivity index (χ0v) is 12.9. The van der Waals surface area contributed by atoms with Gasteiger partial charge in [0.15, 0.2) is 0 Å². The molecule has 1 N–H and O–H groups in total. The Morgan fingerprint density at radius 3 is 2.40 bits per heavy atom. The lowest BCUT2D eigenvalue weighted by atomic mass is 9.96. The third kappa shape index (κ3) is 4.10. The quantitative estimate of drug-likeness (QED) is 0.857. The maximum atomic E-state index is 12.2. The summed E-state index contributed by atoms with van der Waals surface area (Å²) in [6.45, 7) is 7.60. The number of rotatable bonds is 4. The second-order valence-electron chi connectivity index (χ2n) is 6.21. The minimum Gasteiger partial charge on any atom is -0.481 e. The van der Waals surface area contributed by atoms with Gasteiger partial charge in [0.25, 0.3) is 0 Å². The number of hydrogen-bond donors (Lipinski definition) is 1. The van der Waals surface area contributed by atoms with E-state index in [1.807, 2.05) is 20.8 Å². The number of ether oxygens (including phenoxy) is 2. The molecule has 0 saturated carbocycles. The molecule has 116 valence electrons. The predicted molar refractivity (Wildman–Crippen MR) is 73.6 cm³/mol. The van der Waals surface area contributed by atoms with Gasteiger partial charge in [-0.2, -0.15) is 0 Å². The molecule has 3 atom stereocenters. The third-order valence-electron chi connectivity index (χ3n) is 3.46. The molecule has 0 aromatic rings. The second kappa shape index (κ2) is 6.43. The molecule has 0 spiro atoms. The van der Waals surface area contributed by atoms with E-state index >= 15 is 0 Å². The Hall–Kier alpha value is -1.30. The maximum absolute atomic E-state index is 12.2. The van der Waals surface area contributed by atoms with E-state index in [0.717, 1.165) is 12.8 Å². The van der Waals surface area contributed by atoms with Crippen LogP contribution in [0.5, 0.6) is 0 Å². The van der Waals surface area contributed by atoms with E-state index in [4.69, 9.17) is 14.6 Å². The van der Waals surface area contributed by atoms with Crippen molar-refractivity contribution >= 4 is 12.1 Å². The van der Waals surface area contributed by atoms with Gasteiger partial charge in [-0.05, 0) is 40.5 Å². The lowest BCUT2D eigenvalue weighted by molar-refractivity contribution is -0.147. The van der Waals surface area contributed by atoms with E-state index in [2.05, 4.69) is 0 Å². The lowest BCUT2D eigenvalue weighted by Crippen LogP contribution is -2.49. The molecule has 1 rings (SSSR count). The van der Waals surface area contributed by atoms with E-state index in [1.165, 1.54) is 7.11 Å². The molecule has 0 radical (unpaired) electrons. The van der Waals surface area contributed by atoms with Gasteiger partial charge in [0.05, 0.1) is 18.1 Å². The molecule has 1 saturated heterocycles. The summed E-state index contributed by atoms with van der Waals surface area (Å²) in [5.41, 5.74) is -0.564. The maximum Gasteiger partial charge on any atom is 0.410 e. The van der Waals surface area contributed by atoms with Gasteiger partial charge in [-0.15, -0.1) is 0 Å². The predicted octanol–water partition coefficient (Wildman–Crippen LogP) is 2.12. The first-order chi connectivity index (χ1) is 9.17. The first-order valence-corrected chi connectivity index (χ1v) is 6.92. The minimum absolute atomic E-state index is 0.249. The zero-order valence-electron chi connectivity index (χ0n) is 12.9. The van der Waals surface area contributed by atoms with Crippen molar-refractivity contribution in [2.45, 2.75) is 58.3 Å². The van der Waals surface area contributed by atoms with Crippen molar-refractivity contribution in [3.8, 4) is 0 Å². The molecule has 1 aliphatic rings. The topological polar surface area (TPSA) is 76.1 Å². The van der Waals surface area contributed by atoms with Gasteiger partial charge in [0, 0.05) is 13.7 Å². The Kier molecular flexibility index (Phi) is 5.39. The van der Waals surface area contributed by atoms with Crippen LogP contribution in [0.25, 0.3) is 0 Å². The highest BCUT2D eigenvalue weighted by Gasteiger charge is 2.41. The molecule has 1 fully saturated rings. The number of nitrogens with zero attached hydrogens (tertiary/aromatic N) is 1. The Bertz CT molecular complexity index is 363. The molecule has 1 heterocycles. The summed E-state index contributed by atoms with van der Waals surface area (Å²) in [6.07, 6.45) is 0.632. The molecular formula is C14H25NO5. The zero-order chi connectivity index (χ0) is 15.5. The fraction of sp³-hybridized carbons (Fsp3) is 0.857. The van der Waals surface area contributed by atoms with Gasteiger partial charge in [-0.1, -0.05) is 0 Å². The van der Waals surface area contributed by atoms with Crippen molar-refractivity contribution in [2.75, 3.05) is 13.7 Å². The highest BCUT2D eigenvalue weighted by atomic mass is 16.6. The van der Waals surface area contributed by atoms with E-state index in [1.54, 1.807) is 11.8 Å². The summed E-state index contributed by atoms with van der Waals surface area (Å²) < 4.78 is 10.7. The highest BCUT2D eigenvalue weighted by molar-refractivity contribution is 5.71. The molecule has 6 heteroatoms. The Balaban J connectivity index is 2.82. The van der Waals surface area contributed by atoms with Gasteiger partial charge >= 0.3 is 12.1 Å². The summed E-state index contributed by atoms with van der Waals surface area (Å²) in [7, 11) is 1.48. The molecule has 0 aromatic carbocycles. The SMILES string of the molecule is COC(C(C)C(=O)O)[C@@H]1CCCN1C(=O)OC(C)(C)C. The van der Waals surface area contributed by atoms with Gasteiger partial charge in [0.2, 0.25) is 0 Å². The number of carbonyl (C=O) groups excluding carboxylic acids is 1. The van der Waals surface area contributed by atoms with Gasteiger partial charge in [-0.25, -0.2) is 4.79 Å². The molecule has 0 aromatic heterocycles. The third-order valence-corrected chi connectivity index (χ3v) is 3.46. The van der Waals surface area contributed by atoms with Gasteiger partial charge in [0.1, 0.15) is 5.60 Å². The number of carboxylic acids is 1. The van der Waals surface area contributed by atoms with Crippen LogP contribution < -0.4 is 0 Å². The Morgan fingerprint density at radius 1 is 1.35 bits per heavy atom. The summed E-state index contributed by atoms with van der Waals surface area (Å²) in [6, 6.07) is -0.249. The number of aliphatic carboxylic acids is 1. The summed E-state index contributed by atoms with van der Waals surface area (Å²) in [5.74, 6) is -1.60. The van der Waals surface area contributed by atoms with Gasteiger partial charge < -0.3 is 19.5 Å². The van der Waals surface area contributed by atoms with Crippen LogP contribution in [0.4, 0.5) is 4.79 Å². The first kappa shape index (κ1) is 16.8. The van der Waals surface area contributed by atoms with Crippen molar-refractivity contribution < 1.29 is 24.2 Å². The average Bonchev–Trinajstić information content (AvgIpc) is 2.76. The lowest BCUT2D eigenvalue weighted by Gasteiger charge is -2.34. The molecule has 0 bridgehead atoms. The fourth-order valence-electron chi connectivity index (χ4n) is 2.52. The van der Waals surface area contributed by atoms with Crippen LogP contribution in [0, 0.1) is 5.92 Å². The van der Waals surface area contributed by atoms with Gasteiger partial charge in [-0.3, -0.25) is 4.79 Å². The molecule has 20 heavy (non-hydrogen) atoms. The standard InChI is InChI=1S/C14H25NO5/c1-9(12(16)17)11(19-5)10-7-6-8-15(10)13(18)20-14(2,3)4/h9-11H,6-8H2,1-5H3,(H,16,17)/t9?,10-,11?/m0/s1. The number of carbonyl (C=O) groups is 2. The number of amides is 1. The summed E-state index contributed by atoms with van der Waals surface area (Å²) in [5, 5.41) is 9.14. The largest absolute Gasteiger partial charge is 0.481 e. The van der Waals surface area contributed by atoms with Crippen molar-refractivity contribution in [3.63, 3.8) is 0 Å². The van der Waals surface area contributed by atoms with Crippen molar-refractivity contribution in [1.82, 2.24) is 4.90 Å². The van der Waals surface area contributed by atoms with Crippen LogP contribution in [0.1, 0.15) is 40.5 Å². The molecule has 1 amide bonds. The number of carboxylic acid groups (broad SMARTS) is 1. The van der Waals surface area contributed by atoms with Crippen molar-refractivity contribution in [2.24, 2.45) is 5.92 Å². The summed E-state index contributed by atoms with van der Waals surface area (Å²) >= 11 is 0. The van der Waals surface area contributed by atoms with E-state index < -0.39 is 29.7 Å². The van der Waals surface area contributed by atoms with Crippen LogP contribution in [0.3, 0.4) is 0 Å². The Labute approximate surface area is 120 Å².